The highest BCUT2D eigenvalue weighted by Crippen LogP contribution is 2.29. The Bertz CT molecular complexity index is 349. The minimum Gasteiger partial charge on any atom is -0.493 e. The van der Waals surface area contributed by atoms with Crippen molar-refractivity contribution in [3.05, 3.63) is 23.8 Å². The Labute approximate surface area is 109 Å². The Balaban J connectivity index is 2.80. The molecule has 0 aliphatic carbocycles. The Hall–Kier alpha value is -1.26. The van der Waals surface area contributed by atoms with Crippen LogP contribution in [0.4, 0.5) is 0 Å². The van der Waals surface area contributed by atoms with Crippen LogP contribution in [0.2, 0.25) is 0 Å². The molecule has 4 nitrogen and oxygen atoms in total. The molecule has 0 spiro atoms. The summed E-state index contributed by atoms with van der Waals surface area (Å²) in [5.74, 6) is 1.53. The largest absolute Gasteiger partial charge is 0.493 e. The number of methoxy groups -OCH3 is 2. The highest BCUT2D eigenvalue weighted by Gasteiger charge is 2.13. The van der Waals surface area contributed by atoms with Gasteiger partial charge in [0.1, 0.15) is 6.10 Å². The maximum absolute atomic E-state index is 5.90. The van der Waals surface area contributed by atoms with Gasteiger partial charge in [-0.1, -0.05) is 13.0 Å². The Morgan fingerprint density at radius 2 is 2.00 bits per heavy atom. The normalized spacial score (nSPS) is 12.2. The molecule has 0 fully saturated rings. The second kappa shape index (κ2) is 7.95. The maximum atomic E-state index is 5.90. The van der Waals surface area contributed by atoms with Crippen LogP contribution in [0, 0.1) is 0 Å². The smallest absolute Gasteiger partial charge is 0.161 e. The molecule has 0 bridgehead atoms. The summed E-state index contributed by atoms with van der Waals surface area (Å²) in [5.41, 5.74) is 1.23. The molecule has 0 heterocycles. The number of benzene rings is 1. The van der Waals surface area contributed by atoms with Crippen LogP contribution in [0.3, 0.4) is 0 Å². The van der Waals surface area contributed by atoms with Crippen molar-refractivity contribution >= 4 is 0 Å². The van der Waals surface area contributed by atoms with Crippen molar-refractivity contribution in [2.24, 2.45) is 0 Å². The van der Waals surface area contributed by atoms with Gasteiger partial charge in [-0.2, -0.15) is 0 Å². The highest BCUT2D eigenvalue weighted by molar-refractivity contribution is 5.43. The van der Waals surface area contributed by atoms with Crippen molar-refractivity contribution in [2.45, 2.75) is 19.4 Å². The van der Waals surface area contributed by atoms with E-state index in [1.165, 1.54) is 5.56 Å². The summed E-state index contributed by atoms with van der Waals surface area (Å²) in [6.45, 7) is 3.39. The lowest BCUT2D eigenvalue weighted by atomic mass is 10.1. The summed E-state index contributed by atoms with van der Waals surface area (Å²) in [6, 6.07) is 6.02. The van der Waals surface area contributed by atoms with Crippen molar-refractivity contribution in [1.29, 1.82) is 0 Å². The second-order valence-corrected chi connectivity index (χ2v) is 4.09. The summed E-state index contributed by atoms with van der Waals surface area (Å²) in [6.07, 6.45) is 0.954. The first-order valence-corrected chi connectivity index (χ1v) is 6.22. The lowest BCUT2D eigenvalue weighted by molar-refractivity contribution is 0.0798. The molecule has 0 amide bonds. The van der Waals surface area contributed by atoms with Gasteiger partial charge in [0.2, 0.25) is 0 Å². The quantitative estimate of drug-likeness (QED) is 0.768. The van der Waals surface area contributed by atoms with Crippen LogP contribution in [0.5, 0.6) is 11.5 Å². The fourth-order valence-corrected chi connectivity index (χ4v) is 1.76. The molecule has 102 valence electrons. The van der Waals surface area contributed by atoms with Crippen molar-refractivity contribution in [3.63, 3.8) is 0 Å². The van der Waals surface area contributed by atoms with E-state index in [-0.39, 0.29) is 6.10 Å². The zero-order valence-corrected chi connectivity index (χ0v) is 11.7. The molecular formula is C14H23NO3. The summed E-state index contributed by atoms with van der Waals surface area (Å²) in [7, 11) is 5.22. The molecule has 18 heavy (non-hydrogen) atoms. The van der Waals surface area contributed by atoms with Crippen LogP contribution < -0.4 is 14.8 Å². The Kier molecular flexibility index (Phi) is 6.54. The number of rotatable bonds is 8. The van der Waals surface area contributed by atoms with E-state index in [2.05, 4.69) is 18.3 Å². The molecule has 0 aliphatic heterocycles. The van der Waals surface area contributed by atoms with E-state index >= 15 is 0 Å². The van der Waals surface area contributed by atoms with Gasteiger partial charge >= 0.3 is 0 Å². The number of aryl methyl sites for hydroxylation is 1. The maximum Gasteiger partial charge on any atom is 0.161 e. The van der Waals surface area contributed by atoms with E-state index in [4.69, 9.17) is 14.2 Å². The van der Waals surface area contributed by atoms with Gasteiger partial charge in [0, 0.05) is 13.7 Å². The van der Waals surface area contributed by atoms with Crippen LogP contribution in [-0.2, 0) is 11.2 Å². The summed E-state index contributed by atoms with van der Waals surface area (Å²) >= 11 is 0. The Morgan fingerprint density at radius 1 is 1.22 bits per heavy atom. The molecule has 4 heteroatoms. The summed E-state index contributed by atoms with van der Waals surface area (Å²) in [4.78, 5) is 0. The predicted molar refractivity (Wildman–Crippen MR) is 72.6 cm³/mol. The number of ether oxygens (including phenoxy) is 3. The monoisotopic (exact) mass is 253 g/mol. The summed E-state index contributed by atoms with van der Waals surface area (Å²) in [5, 5.41) is 3.09. The van der Waals surface area contributed by atoms with E-state index in [0.29, 0.717) is 6.61 Å². The average molecular weight is 253 g/mol. The van der Waals surface area contributed by atoms with Crippen molar-refractivity contribution in [3.8, 4) is 11.5 Å². The van der Waals surface area contributed by atoms with E-state index in [1.807, 2.05) is 19.2 Å². The number of nitrogens with one attached hydrogen (secondary N) is 1. The third kappa shape index (κ3) is 4.20. The van der Waals surface area contributed by atoms with Crippen LogP contribution in [0.25, 0.3) is 0 Å². The molecule has 1 aromatic carbocycles. The molecule has 1 unspecified atom stereocenters. The van der Waals surface area contributed by atoms with Gasteiger partial charge in [-0.25, -0.2) is 0 Å². The standard InChI is InChI=1S/C14H23NO3/c1-5-11-6-7-13(14(8-11)17-4)18-12(9-15-2)10-16-3/h6-8,12,15H,5,9-10H2,1-4H3. The first-order chi connectivity index (χ1) is 8.74. The van der Waals surface area contributed by atoms with Gasteiger partial charge in [-0.05, 0) is 31.2 Å². The molecule has 0 aliphatic rings. The average Bonchev–Trinajstić information content (AvgIpc) is 2.39. The van der Waals surface area contributed by atoms with E-state index < -0.39 is 0 Å². The van der Waals surface area contributed by atoms with Crippen LogP contribution >= 0.6 is 0 Å². The fraction of sp³-hybridized carbons (Fsp3) is 0.571. The van der Waals surface area contributed by atoms with Gasteiger partial charge in [0.15, 0.2) is 11.5 Å². The van der Waals surface area contributed by atoms with Gasteiger partial charge in [0.25, 0.3) is 0 Å². The lowest BCUT2D eigenvalue weighted by Crippen LogP contribution is -2.33. The molecule has 0 saturated carbocycles. The number of hydrogen-bond acceptors (Lipinski definition) is 4. The van der Waals surface area contributed by atoms with Crippen LogP contribution in [0.15, 0.2) is 18.2 Å². The molecule has 1 N–H and O–H groups in total. The van der Waals surface area contributed by atoms with Gasteiger partial charge in [0.05, 0.1) is 13.7 Å². The third-order valence-corrected chi connectivity index (χ3v) is 2.71. The first-order valence-electron chi connectivity index (χ1n) is 6.22. The molecule has 1 rings (SSSR count). The molecular weight excluding hydrogens is 230 g/mol. The first kappa shape index (κ1) is 14.8. The van der Waals surface area contributed by atoms with Crippen molar-refractivity contribution in [2.75, 3.05) is 34.4 Å². The topological polar surface area (TPSA) is 39.7 Å². The SMILES string of the molecule is CCc1ccc(OC(CNC)COC)c(OC)c1. The molecule has 0 aromatic heterocycles. The minimum atomic E-state index is -0.0265. The lowest BCUT2D eigenvalue weighted by Gasteiger charge is -2.20. The third-order valence-electron chi connectivity index (χ3n) is 2.71. The molecule has 0 radical (unpaired) electrons. The highest BCUT2D eigenvalue weighted by atomic mass is 16.5. The van der Waals surface area contributed by atoms with E-state index in [9.17, 15) is 0 Å². The van der Waals surface area contributed by atoms with E-state index in [0.717, 1.165) is 24.5 Å². The fourth-order valence-electron chi connectivity index (χ4n) is 1.76. The predicted octanol–water partition coefficient (Wildman–Crippen LogP) is 1.87. The second-order valence-electron chi connectivity index (χ2n) is 4.09. The van der Waals surface area contributed by atoms with Gasteiger partial charge in [-0.3, -0.25) is 0 Å². The number of hydrogen-bond donors (Lipinski definition) is 1. The molecule has 1 aromatic rings. The van der Waals surface area contributed by atoms with Crippen molar-refractivity contribution < 1.29 is 14.2 Å². The van der Waals surface area contributed by atoms with E-state index in [1.54, 1.807) is 14.2 Å². The van der Waals surface area contributed by atoms with Crippen molar-refractivity contribution in [1.82, 2.24) is 5.32 Å². The van der Waals surface area contributed by atoms with Crippen LogP contribution in [0.1, 0.15) is 12.5 Å². The molecule has 1 atom stereocenters. The summed E-state index contributed by atoms with van der Waals surface area (Å²) < 4.78 is 16.4. The minimum absolute atomic E-state index is 0.0265. The number of likely N-dealkylation sites (N-methyl/N-ethyl adjacent to an activating group) is 1. The van der Waals surface area contributed by atoms with Gasteiger partial charge < -0.3 is 19.5 Å². The van der Waals surface area contributed by atoms with Crippen LogP contribution in [-0.4, -0.2) is 40.5 Å². The zero-order chi connectivity index (χ0) is 13.4. The molecule has 0 saturated heterocycles. The Morgan fingerprint density at radius 3 is 2.56 bits per heavy atom. The zero-order valence-electron chi connectivity index (χ0n) is 11.7. The van der Waals surface area contributed by atoms with Gasteiger partial charge in [-0.15, -0.1) is 0 Å².